The fourth-order valence-electron chi connectivity index (χ4n) is 0. The van der Waals surface area contributed by atoms with Gasteiger partial charge in [-0.3, -0.25) is 4.79 Å². The van der Waals surface area contributed by atoms with E-state index >= 15 is 0 Å². The first-order chi connectivity index (χ1) is 3.91. The minimum atomic E-state index is -4.61. The molecule has 0 saturated carbocycles. The summed E-state index contributed by atoms with van der Waals surface area (Å²) in [7, 11) is -3.30. The summed E-state index contributed by atoms with van der Waals surface area (Å²) in [5.74, 6) is 0. The van der Waals surface area contributed by atoms with Crippen molar-refractivity contribution in [1.82, 2.24) is 0 Å². The van der Waals surface area contributed by atoms with E-state index in [0.29, 0.717) is 6.47 Å². The van der Waals surface area contributed by atoms with Gasteiger partial charge in [0.2, 0.25) is 0 Å². The van der Waals surface area contributed by atoms with Crippen molar-refractivity contribution in [3.05, 3.63) is 0 Å². The van der Waals surface area contributed by atoms with Crippen LogP contribution in [0.3, 0.4) is 0 Å². The zero-order valence-corrected chi connectivity index (χ0v) is 5.68. The third-order valence-corrected chi connectivity index (χ3v) is 0.0962. The fourth-order valence-corrected chi connectivity index (χ4v) is 0. The summed E-state index contributed by atoms with van der Waals surface area (Å²) in [6, 6.07) is 0. The second-order valence-corrected chi connectivity index (χ2v) is 2.13. The van der Waals surface area contributed by atoms with E-state index in [-0.39, 0.29) is 29.6 Å². The molecule has 6 nitrogen and oxygen atoms in total. The van der Waals surface area contributed by atoms with Gasteiger partial charge in [-0.2, -0.15) is 0 Å². The van der Waals surface area contributed by atoms with Crippen LogP contribution in [0.4, 0.5) is 0 Å². The Balaban J connectivity index is -0.0000000910. The number of methoxy groups -OCH3 is 1. The summed E-state index contributed by atoms with van der Waals surface area (Å²) in [5.41, 5.74) is 0. The molecule has 0 atom stereocenters. The van der Waals surface area contributed by atoms with Crippen molar-refractivity contribution in [3.63, 3.8) is 0 Å². The van der Waals surface area contributed by atoms with Gasteiger partial charge in [0.25, 0.3) is 6.47 Å². The van der Waals surface area contributed by atoms with Crippen LogP contribution in [0.2, 0.25) is 0 Å². The second-order valence-electron chi connectivity index (χ2n) is 0.932. The zero-order valence-electron chi connectivity index (χ0n) is 4.68. The summed E-state index contributed by atoms with van der Waals surface area (Å²) in [6.45, 7) is 0.375. The average Bonchev–Trinajstić information content (AvgIpc) is 1.61. The molecule has 0 bridgehead atoms. The molecule has 0 aromatic carbocycles. The number of hydrogen-bond donors (Lipinski definition) is 4. The second kappa shape index (κ2) is 9.53. The van der Waals surface area contributed by atoms with Crippen LogP contribution in [0.5, 0.6) is 0 Å². The van der Waals surface area contributed by atoms with E-state index < -0.39 is 9.05 Å². The molecule has 0 aliphatic carbocycles. The molecule has 0 fully saturated rings. The van der Waals surface area contributed by atoms with E-state index in [1.165, 1.54) is 7.11 Å². The molecule has 58 valence electrons. The van der Waals surface area contributed by atoms with Gasteiger partial charge in [0.1, 0.15) is 0 Å². The summed E-state index contributed by atoms with van der Waals surface area (Å²) >= 11 is 0. The van der Waals surface area contributed by atoms with Gasteiger partial charge in [-0.1, -0.05) is 0 Å². The van der Waals surface area contributed by atoms with Crippen LogP contribution in [0.15, 0.2) is 0 Å². The molecular formula is C2H9NaO6Si. The van der Waals surface area contributed by atoms with Crippen LogP contribution in [-0.2, 0) is 9.53 Å². The topological polar surface area (TPSA) is 107 Å². The van der Waals surface area contributed by atoms with E-state index in [9.17, 15) is 0 Å². The Morgan fingerprint density at radius 2 is 1.40 bits per heavy atom. The molecule has 0 amide bonds. The Hall–Kier alpha value is 0.527. The normalized spacial score (nSPS) is 8.10. The molecule has 0 aromatic rings. The molecule has 10 heavy (non-hydrogen) atoms. The van der Waals surface area contributed by atoms with Crippen molar-refractivity contribution in [2.45, 2.75) is 0 Å². The molecule has 0 saturated heterocycles. The van der Waals surface area contributed by atoms with Gasteiger partial charge in [0.05, 0.1) is 7.11 Å². The molecule has 0 spiro atoms. The number of carbonyl (C=O) groups is 1. The molecular weight excluding hydrogens is 171 g/mol. The number of hydrogen-bond acceptors (Lipinski definition) is 6. The maximum absolute atomic E-state index is 8.95. The van der Waals surface area contributed by atoms with E-state index in [1.807, 2.05) is 0 Å². The third-order valence-electron chi connectivity index (χ3n) is 0.0962. The quantitative estimate of drug-likeness (QED) is 0.247. The van der Waals surface area contributed by atoms with Crippen molar-refractivity contribution in [1.29, 1.82) is 0 Å². The predicted molar refractivity (Wildman–Crippen MR) is 34.9 cm³/mol. The third kappa shape index (κ3) is 207. The average molecular weight is 180 g/mol. The van der Waals surface area contributed by atoms with E-state index in [1.54, 1.807) is 0 Å². The predicted octanol–water partition coefficient (Wildman–Crippen LogP) is -3.47. The monoisotopic (exact) mass is 180 g/mol. The molecule has 8 heteroatoms. The molecule has 4 N–H and O–H groups in total. The standard InChI is InChI=1S/C2H4O2.Na.H4O4Si.H/c1-4-2-3;;1-5(2,3)4;/h2H,1H3;;1-4H;. The molecule has 0 heterocycles. The van der Waals surface area contributed by atoms with Gasteiger partial charge < -0.3 is 23.9 Å². The summed E-state index contributed by atoms with van der Waals surface area (Å²) < 4.78 is 3.86. The van der Waals surface area contributed by atoms with Crippen molar-refractivity contribution in [2.24, 2.45) is 0 Å². The van der Waals surface area contributed by atoms with Crippen molar-refractivity contribution < 1.29 is 28.7 Å². The Bertz CT molecular complexity index is 64.6. The van der Waals surface area contributed by atoms with Crippen molar-refractivity contribution in [3.8, 4) is 0 Å². The van der Waals surface area contributed by atoms with E-state index in [0.717, 1.165) is 0 Å². The SMILES string of the molecule is COC=O.O[Si](O)(O)O.[NaH]. The van der Waals surface area contributed by atoms with Gasteiger partial charge in [0, 0.05) is 0 Å². The van der Waals surface area contributed by atoms with Gasteiger partial charge in [-0.15, -0.1) is 0 Å². The Kier molecular flexibility index (Phi) is 16.1. The summed E-state index contributed by atoms with van der Waals surface area (Å²) in [6.07, 6.45) is 0. The van der Waals surface area contributed by atoms with Crippen LogP contribution < -0.4 is 0 Å². The number of rotatable bonds is 1. The van der Waals surface area contributed by atoms with Crippen LogP contribution in [-0.4, -0.2) is 71.4 Å². The van der Waals surface area contributed by atoms with Crippen LogP contribution in [0.1, 0.15) is 0 Å². The minimum absolute atomic E-state index is 0. The number of ether oxygens (including phenoxy) is 1. The maximum atomic E-state index is 8.95. The van der Waals surface area contributed by atoms with Crippen molar-refractivity contribution in [2.75, 3.05) is 7.11 Å². The molecule has 0 rings (SSSR count). The van der Waals surface area contributed by atoms with Crippen LogP contribution in [0, 0.1) is 0 Å². The van der Waals surface area contributed by atoms with Gasteiger partial charge in [0.15, 0.2) is 0 Å². The van der Waals surface area contributed by atoms with Gasteiger partial charge >= 0.3 is 38.6 Å². The molecule has 0 aliphatic rings. The van der Waals surface area contributed by atoms with E-state index in [2.05, 4.69) is 4.74 Å². The molecule has 0 unspecified atom stereocenters. The first-order valence-electron chi connectivity index (χ1n) is 1.77. The molecule has 0 aromatic heterocycles. The molecule has 0 radical (unpaired) electrons. The Morgan fingerprint density at radius 3 is 1.40 bits per heavy atom. The fraction of sp³-hybridized carbons (Fsp3) is 0.500. The van der Waals surface area contributed by atoms with Gasteiger partial charge in [-0.25, -0.2) is 0 Å². The first kappa shape index (κ1) is 16.9. The number of carbonyl (C=O) groups excluding carboxylic acids is 1. The van der Waals surface area contributed by atoms with E-state index in [4.69, 9.17) is 24.0 Å². The van der Waals surface area contributed by atoms with Crippen LogP contribution >= 0.6 is 0 Å². The van der Waals surface area contributed by atoms with Crippen molar-refractivity contribution >= 4 is 45.1 Å². The molecule has 0 aliphatic heterocycles. The van der Waals surface area contributed by atoms with Gasteiger partial charge in [-0.05, 0) is 0 Å². The first-order valence-corrected chi connectivity index (χ1v) is 3.56. The Morgan fingerprint density at radius 1 is 1.30 bits per heavy atom. The van der Waals surface area contributed by atoms with Crippen LogP contribution in [0.25, 0.3) is 0 Å². The Labute approximate surface area is 80.8 Å². The zero-order chi connectivity index (χ0) is 7.91. The summed E-state index contributed by atoms with van der Waals surface area (Å²) in [4.78, 5) is 38.3. The summed E-state index contributed by atoms with van der Waals surface area (Å²) in [5, 5.41) is 0.